The van der Waals surface area contributed by atoms with Crippen LogP contribution in [0.1, 0.15) is 53.4 Å². The van der Waals surface area contributed by atoms with Gasteiger partial charge in [0.1, 0.15) is 0 Å². The van der Waals surface area contributed by atoms with Crippen molar-refractivity contribution in [3.63, 3.8) is 0 Å². The van der Waals surface area contributed by atoms with Crippen LogP contribution in [0.5, 0.6) is 0 Å². The zero-order valence-electron chi connectivity index (χ0n) is 10.4. The molecule has 15 heavy (non-hydrogen) atoms. The Balaban J connectivity index is -0.000000720. The third-order valence-corrected chi connectivity index (χ3v) is 22.1. The first-order valence-corrected chi connectivity index (χ1v) is 15.2. The van der Waals surface area contributed by atoms with Crippen LogP contribution in [0.2, 0.25) is 20.1 Å². The summed E-state index contributed by atoms with van der Waals surface area (Å²) >= 11 is -1.63. The van der Waals surface area contributed by atoms with Crippen molar-refractivity contribution in [2.75, 3.05) is 0 Å². The molecule has 0 heterocycles. The van der Waals surface area contributed by atoms with Gasteiger partial charge in [-0.2, -0.15) is 0 Å². The number of rotatable bonds is 8. The Morgan fingerprint density at radius 1 is 0.667 bits per heavy atom. The third kappa shape index (κ3) is 9.51. The maximum absolute atomic E-state index is 2.47. The van der Waals surface area contributed by atoms with Gasteiger partial charge < -0.3 is 0 Å². The molecule has 82 valence electrons. The molecule has 0 nitrogen and oxygen atoms in total. The van der Waals surface area contributed by atoms with Gasteiger partial charge in [-0.05, 0) is 0 Å². The first kappa shape index (κ1) is 22.0. The molecule has 0 aliphatic heterocycles. The van der Waals surface area contributed by atoms with E-state index in [0.29, 0.717) is 0 Å². The van der Waals surface area contributed by atoms with Crippen molar-refractivity contribution in [1.29, 1.82) is 0 Å². The Hall–Kier alpha value is 1.82. The van der Waals surface area contributed by atoms with Gasteiger partial charge >= 0.3 is 126 Å². The van der Waals surface area contributed by atoms with Gasteiger partial charge in [0.2, 0.25) is 0 Å². The zero-order chi connectivity index (χ0) is 10.2. The SMILES string of the molecule is CCC[CH2][Zn]([CH2]C)([CH2]C)[CH2]CCC.[LiH].[LiH]. The van der Waals surface area contributed by atoms with Crippen LogP contribution in [0, 0.1) is 0 Å². The summed E-state index contributed by atoms with van der Waals surface area (Å²) in [4.78, 5) is 0. The third-order valence-electron chi connectivity index (χ3n) is 4.83. The van der Waals surface area contributed by atoms with Crippen molar-refractivity contribution in [3.8, 4) is 0 Å². The van der Waals surface area contributed by atoms with Crippen molar-refractivity contribution in [1.82, 2.24) is 0 Å². The molecule has 0 saturated heterocycles. The van der Waals surface area contributed by atoms with E-state index in [1.54, 1.807) is 20.1 Å². The van der Waals surface area contributed by atoms with E-state index in [1.807, 2.05) is 0 Å². The summed E-state index contributed by atoms with van der Waals surface area (Å²) in [6, 6.07) is 0. The molecule has 0 aliphatic carbocycles. The molecule has 0 atom stereocenters. The minimum absolute atomic E-state index is 0. The van der Waals surface area contributed by atoms with Gasteiger partial charge in [-0.25, -0.2) is 0 Å². The summed E-state index contributed by atoms with van der Waals surface area (Å²) in [7, 11) is 0. The second kappa shape index (κ2) is 13.9. The first-order valence-electron chi connectivity index (χ1n) is 6.83. The first-order chi connectivity index (χ1) is 6.24. The van der Waals surface area contributed by atoms with Crippen LogP contribution in [0.4, 0.5) is 0 Å². The summed E-state index contributed by atoms with van der Waals surface area (Å²) in [5.74, 6) is 0. The number of hydrogen-bond acceptors (Lipinski definition) is 0. The molecule has 0 radical (unpaired) electrons. The fraction of sp³-hybridized carbons (Fsp3) is 1.00. The molecule has 0 aromatic carbocycles. The summed E-state index contributed by atoms with van der Waals surface area (Å²) in [6.07, 6.45) is 5.86. The van der Waals surface area contributed by atoms with Gasteiger partial charge in [0, 0.05) is 0 Å². The molecular weight excluding hydrogens is 223 g/mol. The van der Waals surface area contributed by atoms with Gasteiger partial charge in [-0.3, -0.25) is 0 Å². The fourth-order valence-corrected chi connectivity index (χ4v) is 16.1. The molecule has 0 aromatic rings. The quantitative estimate of drug-likeness (QED) is 0.570. The van der Waals surface area contributed by atoms with Crippen molar-refractivity contribution in [3.05, 3.63) is 0 Å². The van der Waals surface area contributed by atoms with Crippen molar-refractivity contribution in [2.24, 2.45) is 0 Å². The predicted octanol–water partition coefficient (Wildman–Crippen LogP) is 4.16. The minimum atomic E-state index is -1.63. The Morgan fingerprint density at radius 3 is 1.20 bits per heavy atom. The molecule has 0 fully saturated rings. The van der Waals surface area contributed by atoms with Crippen LogP contribution >= 0.6 is 0 Å². The number of unbranched alkanes of at least 4 members (excludes halogenated alkanes) is 2. The normalized spacial score (nSPS) is 9.33. The average Bonchev–Trinajstić information content (AvgIpc) is 2.20. The average molecular weight is 254 g/mol. The Labute approximate surface area is 125 Å². The van der Waals surface area contributed by atoms with E-state index in [0.717, 1.165) is 0 Å². The molecule has 0 unspecified atom stereocenters. The van der Waals surface area contributed by atoms with E-state index in [9.17, 15) is 0 Å². The van der Waals surface area contributed by atoms with E-state index >= 15 is 0 Å². The van der Waals surface area contributed by atoms with Gasteiger partial charge in [-0.15, -0.1) is 0 Å². The predicted molar refractivity (Wildman–Crippen MR) is 74.7 cm³/mol. The monoisotopic (exact) mass is 252 g/mol. The van der Waals surface area contributed by atoms with Crippen LogP contribution in [0.3, 0.4) is 0 Å². The van der Waals surface area contributed by atoms with E-state index in [4.69, 9.17) is 0 Å². The molecule has 0 rings (SSSR count). The molecule has 0 bridgehead atoms. The van der Waals surface area contributed by atoms with Crippen LogP contribution in [-0.4, -0.2) is 37.7 Å². The molecule has 0 saturated carbocycles. The summed E-state index contributed by atoms with van der Waals surface area (Å²) in [5, 5.41) is 6.54. The second-order valence-electron chi connectivity index (χ2n) is 5.54. The fourth-order valence-electron chi connectivity index (χ4n) is 3.09. The standard InChI is InChI=1S/2C4H9.2C2H5.2Li.Zn.2H/c2*1-3-4-2;2*1-2;;;;;/h2*1,3-4H2,2H3;2*1H2,2H3;;;;;. The summed E-state index contributed by atoms with van der Waals surface area (Å²) < 4.78 is 0. The molecule has 0 amide bonds. The Morgan fingerprint density at radius 2 is 1.00 bits per heavy atom. The van der Waals surface area contributed by atoms with Gasteiger partial charge in [0.25, 0.3) is 0 Å². The van der Waals surface area contributed by atoms with E-state index < -0.39 is 14.8 Å². The van der Waals surface area contributed by atoms with E-state index in [2.05, 4.69) is 27.7 Å². The second-order valence-corrected chi connectivity index (χ2v) is 21.6. The molecule has 0 N–H and O–H groups in total. The van der Waals surface area contributed by atoms with Crippen molar-refractivity contribution < 1.29 is 14.8 Å². The van der Waals surface area contributed by atoms with E-state index in [-0.39, 0.29) is 37.7 Å². The summed E-state index contributed by atoms with van der Waals surface area (Å²) in [5.41, 5.74) is 0. The van der Waals surface area contributed by atoms with Gasteiger partial charge in [0.15, 0.2) is 0 Å². The molecular formula is C12H30Li2Zn. The summed E-state index contributed by atoms with van der Waals surface area (Å²) in [6.45, 7) is 9.61. The van der Waals surface area contributed by atoms with Gasteiger partial charge in [0.05, 0.1) is 0 Å². The van der Waals surface area contributed by atoms with Crippen molar-refractivity contribution >= 4 is 37.7 Å². The molecule has 0 spiro atoms. The zero-order valence-corrected chi connectivity index (χ0v) is 13.3. The molecule has 3 heteroatoms. The number of hydrogen-bond donors (Lipinski definition) is 0. The van der Waals surface area contributed by atoms with Crippen molar-refractivity contribution in [2.45, 2.75) is 73.4 Å². The van der Waals surface area contributed by atoms with E-state index in [1.165, 1.54) is 25.7 Å². The molecule has 0 aromatic heterocycles. The topological polar surface area (TPSA) is 0 Å². The van der Waals surface area contributed by atoms with Crippen LogP contribution in [0.25, 0.3) is 0 Å². The Bertz CT molecular complexity index is 104. The maximum atomic E-state index is 2.47. The van der Waals surface area contributed by atoms with Crippen LogP contribution in [0.15, 0.2) is 0 Å². The Kier molecular flexibility index (Phi) is 20.4. The van der Waals surface area contributed by atoms with Gasteiger partial charge in [-0.1, -0.05) is 0 Å². The van der Waals surface area contributed by atoms with Crippen LogP contribution < -0.4 is 0 Å². The van der Waals surface area contributed by atoms with Crippen LogP contribution in [-0.2, 0) is 14.8 Å². The molecule has 0 aliphatic rings.